The van der Waals surface area contributed by atoms with Crippen molar-refractivity contribution in [3.63, 3.8) is 0 Å². The zero-order chi connectivity index (χ0) is 26.5. The van der Waals surface area contributed by atoms with Crippen molar-refractivity contribution in [2.75, 3.05) is 0 Å². The van der Waals surface area contributed by atoms with E-state index in [4.69, 9.17) is 0 Å². The number of β-lactam (4-membered cyclic amide) rings is 1. The Morgan fingerprint density at radius 2 is 1.84 bits per heavy atom. The van der Waals surface area contributed by atoms with Gasteiger partial charge in [0.1, 0.15) is 34.6 Å². The first-order valence-corrected chi connectivity index (χ1v) is 12.3. The summed E-state index contributed by atoms with van der Waals surface area (Å²) in [5.41, 5.74) is 0.831. The standard InChI is InChI=1S/C25H23N5O6S/c1-25(2)19(24(35)36)30-22(34)17(23(30)37-25)29-21(33)15(12-7-4-3-5-8-12)28-20(32)13-11-27-14-9-6-10-26-16(14)18(13)31/h3-11,15,17,19,23H,1-2H3,(H,27,31)(H,28,32)(H,29,33)(H,35,36)/t15?,17-,19+,23-/m1/s1. The average molecular weight is 522 g/mol. The summed E-state index contributed by atoms with van der Waals surface area (Å²) >= 11 is 1.30. The van der Waals surface area contributed by atoms with E-state index < -0.39 is 51.9 Å². The van der Waals surface area contributed by atoms with E-state index in [9.17, 15) is 29.4 Å². The summed E-state index contributed by atoms with van der Waals surface area (Å²) in [6, 6.07) is 8.57. The number of aromatic hydroxyl groups is 1. The Morgan fingerprint density at radius 3 is 2.54 bits per heavy atom. The van der Waals surface area contributed by atoms with Crippen molar-refractivity contribution in [2.24, 2.45) is 0 Å². The van der Waals surface area contributed by atoms with Crippen molar-refractivity contribution < 1.29 is 29.4 Å². The van der Waals surface area contributed by atoms with E-state index in [-0.39, 0.29) is 16.8 Å². The van der Waals surface area contributed by atoms with Crippen LogP contribution in [-0.2, 0) is 14.4 Å². The van der Waals surface area contributed by atoms with Crippen LogP contribution in [0.5, 0.6) is 5.75 Å². The van der Waals surface area contributed by atoms with E-state index in [1.165, 1.54) is 29.1 Å². The zero-order valence-electron chi connectivity index (χ0n) is 19.8. The second-order valence-corrected chi connectivity index (χ2v) is 11.1. The molecule has 1 aromatic carbocycles. The molecule has 2 aliphatic rings. The van der Waals surface area contributed by atoms with Crippen molar-refractivity contribution >= 4 is 46.5 Å². The monoisotopic (exact) mass is 521 g/mol. The minimum atomic E-state index is -1.20. The number of amides is 3. The Balaban J connectivity index is 1.39. The molecule has 2 aromatic heterocycles. The lowest BCUT2D eigenvalue weighted by Crippen LogP contribution is -2.71. The van der Waals surface area contributed by atoms with Crippen LogP contribution < -0.4 is 10.6 Å². The summed E-state index contributed by atoms with van der Waals surface area (Å²) in [5, 5.41) is 25.0. The fourth-order valence-corrected chi connectivity index (χ4v) is 6.33. The molecule has 3 aromatic rings. The maximum atomic E-state index is 13.4. The Labute approximate surface area is 215 Å². The van der Waals surface area contributed by atoms with Crippen LogP contribution in [-0.4, -0.2) is 71.0 Å². The molecular weight excluding hydrogens is 498 g/mol. The van der Waals surface area contributed by atoms with Crippen molar-refractivity contribution in [3.05, 3.63) is 66.0 Å². The largest absolute Gasteiger partial charge is 0.505 e. The number of carbonyl (C=O) groups excluding carboxylic acids is 3. The third kappa shape index (κ3) is 4.12. The van der Waals surface area contributed by atoms with Gasteiger partial charge in [-0.1, -0.05) is 30.3 Å². The Bertz CT molecular complexity index is 1430. The van der Waals surface area contributed by atoms with Crippen LogP contribution in [0, 0.1) is 0 Å². The molecule has 3 amide bonds. The predicted octanol–water partition coefficient (Wildman–Crippen LogP) is 1.44. The molecule has 2 saturated heterocycles. The first kappa shape index (κ1) is 24.5. The molecule has 0 aliphatic carbocycles. The van der Waals surface area contributed by atoms with Crippen LogP contribution in [0.2, 0.25) is 0 Å². The van der Waals surface area contributed by atoms with E-state index in [0.29, 0.717) is 11.1 Å². The van der Waals surface area contributed by atoms with Crippen LogP contribution >= 0.6 is 11.8 Å². The predicted molar refractivity (Wildman–Crippen MR) is 134 cm³/mol. The van der Waals surface area contributed by atoms with Crippen LogP contribution in [0.1, 0.15) is 35.8 Å². The quantitative estimate of drug-likeness (QED) is 0.352. The molecule has 37 heavy (non-hydrogen) atoms. The van der Waals surface area contributed by atoms with Gasteiger partial charge in [-0.15, -0.1) is 11.8 Å². The molecule has 4 atom stereocenters. The summed E-state index contributed by atoms with van der Waals surface area (Å²) in [4.78, 5) is 60.7. The van der Waals surface area contributed by atoms with Gasteiger partial charge in [0, 0.05) is 17.1 Å². The second kappa shape index (κ2) is 9.04. The molecule has 4 N–H and O–H groups in total. The third-order valence-electron chi connectivity index (χ3n) is 6.49. The fourth-order valence-electron chi connectivity index (χ4n) is 4.71. The van der Waals surface area contributed by atoms with E-state index >= 15 is 0 Å². The summed E-state index contributed by atoms with van der Waals surface area (Å²) in [7, 11) is 0. The number of carbonyl (C=O) groups is 4. The topological polar surface area (TPSA) is 162 Å². The van der Waals surface area contributed by atoms with E-state index in [0.717, 1.165) is 0 Å². The number of hydrogen-bond acceptors (Lipinski definition) is 8. The Morgan fingerprint density at radius 1 is 1.11 bits per heavy atom. The van der Waals surface area contributed by atoms with Gasteiger partial charge < -0.3 is 25.7 Å². The molecule has 190 valence electrons. The Hall–Kier alpha value is -4.19. The van der Waals surface area contributed by atoms with Gasteiger partial charge >= 0.3 is 5.97 Å². The van der Waals surface area contributed by atoms with Crippen molar-refractivity contribution in [1.29, 1.82) is 0 Å². The van der Waals surface area contributed by atoms with Crippen LogP contribution in [0.3, 0.4) is 0 Å². The molecule has 4 heterocycles. The molecule has 0 radical (unpaired) electrons. The lowest BCUT2D eigenvalue weighted by molar-refractivity contribution is -0.161. The van der Waals surface area contributed by atoms with Crippen molar-refractivity contribution in [3.8, 4) is 5.75 Å². The molecule has 5 rings (SSSR count). The number of carboxylic acid groups (broad SMARTS) is 1. The lowest BCUT2D eigenvalue weighted by Gasteiger charge is -2.44. The number of nitrogens with one attached hydrogen (secondary N) is 2. The summed E-state index contributed by atoms with van der Waals surface area (Å²) in [6.45, 7) is 3.49. The highest BCUT2D eigenvalue weighted by molar-refractivity contribution is 8.01. The number of pyridine rings is 2. The first-order chi connectivity index (χ1) is 17.6. The molecule has 11 nitrogen and oxygen atoms in total. The SMILES string of the molecule is CC1(C)S[C@@H]2[C@H](NC(=O)C(NC(=O)c3cnc4cccnc4c3O)c3ccccc3)C(=O)N2[C@H]1C(=O)O. The Kier molecular flexibility index (Phi) is 5.98. The molecule has 2 aliphatic heterocycles. The number of thioether (sulfide) groups is 1. The second-order valence-electron chi connectivity index (χ2n) is 9.29. The number of fused-ring (bicyclic) bond motifs is 2. The summed E-state index contributed by atoms with van der Waals surface area (Å²) in [6.07, 6.45) is 2.66. The van der Waals surface area contributed by atoms with Gasteiger partial charge in [-0.05, 0) is 31.5 Å². The molecule has 1 unspecified atom stereocenters. The van der Waals surface area contributed by atoms with Crippen LogP contribution in [0.15, 0.2) is 54.9 Å². The third-order valence-corrected chi connectivity index (χ3v) is 8.06. The molecule has 12 heteroatoms. The molecule has 0 spiro atoms. The van der Waals surface area contributed by atoms with Gasteiger partial charge in [-0.25, -0.2) is 4.79 Å². The number of carboxylic acids is 1. The maximum Gasteiger partial charge on any atom is 0.327 e. The van der Waals surface area contributed by atoms with Crippen molar-refractivity contribution in [1.82, 2.24) is 25.5 Å². The number of hydrogen-bond donors (Lipinski definition) is 4. The molecular formula is C25H23N5O6S. The highest BCUT2D eigenvalue weighted by Gasteiger charge is 2.64. The summed E-state index contributed by atoms with van der Waals surface area (Å²) < 4.78 is -0.743. The normalized spacial score (nSPS) is 22.6. The number of aromatic nitrogens is 2. The fraction of sp³-hybridized carbons (Fsp3) is 0.280. The zero-order valence-corrected chi connectivity index (χ0v) is 20.6. The van der Waals surface area contributed by atoms with Gasteiger partial charge in [0.05, 0.1) is 5.52 Å². The minimum Gasteiger partial charge on any atom is -0.505 e. The maximum absolute atomic E-state index is 13.4. The smallest absolute Gasteiger partial charge is 0.327 e. The van der Waals surface area contributed by atoms with Gasteiger partial charge in [0.2, 0.25) is 11.8 Å². The number of rotatable bonds is 6. The van der Waals surface area contributed by atoms with Crippen LogP contribution in [0.4, 0.5) is 0 Å². The first-order valence-electron chi connectivity index (χ1n) is 11.4. The van der Waals surface area contributed by atoms with Crippen molar-refractivity contribution in [2.45, 2.75) is 42.1 Å². The van der Waals surface area contributed by atoms with E-state index in [1.54, 1.807) is 56.3 Å². The lowest BCUT2D eigenvalue weighted by atomic mass is 9.95. The number of aliphatic carboxylic acids is 1. The van der Waals surface area contributed by atoms with Gasteiger partial charge in [0.15, 0.2) is 5.75 Å². The number of nitrogens with zero attached hydrogens (tertiary/aromatic N) is 3. The van der Waals surface area contributed by atoms with E-state index in [2.05, 4.69) is 20.6 Å². The average Bonchev–Trinajstić information content (AvgIpc) is 3.14. The highest BCUT2D eigenvalue weighted by Crippen LogP contribution is 2.50. The molecule has 0 bridgehead atoms. The summed E-state index contributed by atoms with van der Waals surface area (Å²) in [5.74, 6) is -3.38. The minimum absolute atomic E-state index is 0.143. The van der Waals surface area contributed by atoms with Crippen LogP contribution in [0.25, 0.3) is 11.0 Å². The molecule has 2 fully saturated rings. The molecule has 0 saturated carbocycles. The van der Waals surface area contributed by atoms with Gasteiger partial charge in [-0.2, -0.15) is 0 Å². The highest BCUT2D eigenvalue weighted by atomic mass is 32.2. The number of benzene rings is 1. The van der Waals surface area contributed by atoms with Gasteiger partial charge in [-0.3, -0.25) is 24.4 Å². The van der Waals surface area contributed by atoms with Gasteiger partial charge in [0.25, 0.3) is 5.91 Å². The van der Waals surface area contributed by atoms with E-state index in [1.807, 2.05) is 0 Å².